The topological polar surface area (TPSA) is 88.9 Å². The fraction of sp³-hybridized carbons (Fsp3) is 0.385. The third kappa shape index (κ3) is 4.54. The van der Waals surface area contributed by atoms with Crippen molar-refractivity contribution >= 4 is 15.8 Å². The van der Waals surface area contributed by atoms with Gasteiger partial charge in [-0.3, -0.25) is 4.68 Å². The van der Waals surface area contributed by atoms with Crippen molar-refractivity contribution in [3.63, 3.8) is 0 Å². The van der Waals surface area contributed by atoms with Gasteiger partial charge in [0, 0.05) is 38.2 Å². The minimum Gasteiger partial charge on any atom is -0.370 e. The van der Waals surface area contributed by atoms with Crippen LogP contribution in [-0.2, 0) is 16.6 Å². The molecule has 0 saturated carbocycles. The smallest absolute Gasteiger partial charge is 0.242 e. The highest BCUT2D eigenvalue weighted by Gasteiger charge is 2.13. The Hall–Kier alpha value is -1.93. The molecular formula is C13H19N5O2S. The number of pyridine rings is 1. The highest BCUT2D eigenvalue weighted by atomic mass is 32.2. The lowest BCUT2D eigenvalue weighted by atomic mass is 10.4. The van der Waals surface area contributed by atoms with Crippen LogP contribution in [0.25, 0.3) is 0 Å². The maximum absolute atomic E-state index is 12.1. The summed E-state index contributed by atoms with van der Waals surface area (Å²) in [4.78, 5) is 4.23. The van der Waals surface area contributed by atoms with Gasteiger partial charge in [-0.2, -0.15) is 5.10 Å². The Morgan fingerprint density at radius 1 is 1.33 bits per heavy atom. The van der Waals surface area contributed by atoms with E-state index < -0.39 is 10.0 Å². The molecule has 0 amide bonds. The Balaban J connectivity index is 1.85. The maximum atomic E-state index is 12.1. The van der Waals surface area contributed by atoms with E-state index >= 15 is 0 Å². The summed E-state index contributed by atoms with van der Waals surface area (Å²) in [5.41, 5.74) is 0. The van der Waals surface area contributed by atoms with Crippen LogP contribution in [-0.4, -0.2) is 36.3 Å². The highest BCUT2D eigenvalue weighted by Crippen LogP contribution is 2.10. The molecule has 2 aromatic rings. The van der Waals surface area contributed by atoms with Crippen molar-refractivity contribution in [2.45, 2.75) is 24.8 Å². The summed E-state index contributed by atoms with van der Waals surface area (Å²) in [5, 5.41) is 7.08. The molecule has 0 aliphatic rings. The summed E-state index contributed by atoms with van der Waals surface area (Å²) < 4.78 is 28.5. The molecule has 2 rings (SSSR count). The SMILES string of the molecule is CCNc1ccc(S(=O)(=O)NCCCn2cccn2)cn1. The maximum Gasteiger partial charge on any atom is 0.242 e. The van der Waals surface area contributed by atoms with Crippen LogP contribution in [0.4, 0.5) is 5.82 Å². The van der Waals surface area contributed by atoms with Crippen molar-refractivity contribution < 1.29 is 8.42 Å². The second-order valence-electron chi connectivity index (χ2n) is 4.43. The molecule has 2 heterocycles. The van der Waals surface area contributed by atoms with Gasteiger partial charge in [-0.1, -0.05) is 0 Å². The van der Waals surface area contributed by atoms with Crippen LogP contribution < -0.4 is 10.0 Å². The van der Waals surface area contributed by atoms with Gasteiger partial charge in [-0.05, 0) is 31.5 Å². The van der Waals surface area contributed by atoms with E-state index in [9.17, 15) is 8.42 Å². The van der Waals surface area contributed by atoms with Crippen LogP contribution >= 0.6 is 0 Å². The third-order valence-electron chi connectivity index (χ3n) is 2.82. The summed E-state index contributed by atoms with van der Waals surface area (Å²) in [6.07, 6.45) is 5.57. The summed E-state index contributed by atoms with van der Waals surface area (Å²) in [6.45, 7) is 3.72. The molecule has 2 aromatic heterocycles. The van der Waals surface area contributed by atoms with E-state index in [1.165, 1.54) is 6.20 Å². The standard InChI is InChI=1S/C13H19N5O2S/c1-2-14-13-6-5-12(11-15-13)21(19,20)17-8-4-10-18-9-3-7-16-18/h3,5-7,9,11,17H,2,4,8,10H2,1H3,(H,14,15). The van der Waals surface area contributed by atoms with Gasteiger partial charge in [0.15, 0.2) is 0 Å². The van der Waals surface area contributed by atoms with Gasteiger partial charge in [0.2, 0.25) is 10.0 Å². The van der Waals surface area contributed by atoms with Crippen molar-refractivity contribution in [3.05, 3.63) is 36.8 Å². The molecule has 114 valence electrons. The Kier molecular flexibility index (Phi) is 5.29. The largest absolute Gasteiger partial charge is 0.370 e. The Labute approximate surface area is 124 Å². The first kappa shape index (κ1) is 15.5. The van der Waals surface area contributed by atoms with Crippen LogP contribution in [0.15, 0.2) is 41.7 Å². The second kappa shape index (κ2) is 7.19. The van der Waals surface area contributed by atoms with Crippen LogP contribution in [0.1, 0.15) is 13.3 Å². The highest BCUT2D eigenvalue weighted by molar-refractivity contribution is 7.89. The van der Waals surface area contributed by atoms with Crippen molar-refractivity contribution in [2.75, 3.05) is 18.4 Å². The fourth-order valence-electron chi connectivity index (χ4n) is 1.79. The van der Waals surface area contributed by atoms with Crippen molar-refractivity contribution in [1.29, 1.82) is 0 Å². The zero-order chi connectivity index (χ0) is 15.1. The summed E-state index contributed by atoms with van der Waals surface area (Å²) >= 11 is 0. The van der Waals surface area contributed by atoms with E-state index in [1.807, 2.05) is 19.2 Å². The van der Waals surface area contributed by atoms with E-state index in [0.717, 1.165) is 6.54 Å². The molecule has 0 aliphatic carbocycles. The first-order chi connectivity index (χ1) is 10.1. The first-order valence-electron chi connectivity index (χ1n) is 6.79. The summed E-state index contributed by atoms with van der Waals surface area (Å²) in [5.74, 6) is 0.662. The normalized spacial score (nSPS) is 11.5. The fourth-order valence-corrected chi connectivity index (χ4v) is 2.81. The lowest BCUT2D eigenvalue weighted by Crippen LogP contribution is -2.25. The van der Waals surface area contributed by atoms with Crippen LogP contribution in [0.2, 0.25) is 0 Å². The third-order valence-corrected chi connectivity index (χ3v) is 4.27. The van der Waals surface area contributed by atoms with Crippen molar-refractivity contribution in [1.82, 2.24) is 19.5 Å². The van der Waals surface area contributed by atoms with Gasteiger partial charge in [0.1, 0.15) is 10.7 Å². The van der Waals surface area contributed by atoms with E-state index in [2.05, 4.69) is 20.1 Å². The van der Waals surface area contributed by atoms with Crippen LogP contribution in [0.5, 0.6) is 0 Å². The monoisotopic (exact) mass is 309 g/mol. The molecule has 8 heteroatoms. The van der Waals surface area contributed by atoms with Gasteiger partial charge in [-0.15, -0.1) is 0 Å². The number of aromatic nitrogens is 3. The number of nitrogens with one attached hydrogen (secondary N) is 2. The van der Waals surface area contributed by atoms with Crippen LogP contribution in [0, 0.1) is 0 Å². The van der Waals surface area contributed by atoms with Gasteiger partial charge >= 0.3 is 0 Å². The van der Waals surface area contributed by atoms with Gasteiger partial charge in [-0.25, -0.2) is 18.1 Å². The molecule has 0 bridgehead atoms. The summed E-state index contributed by atoms with van der Waals surface area (Å²) in [7, 11) is -3.50. The molecule has 21 heavy (non-hydrogen) atoms. The zero-order valence-corrected chi connectivity index (χ0v) is 12.7. The lowest BCUT2D eigenvalue weighted by molar-refractivity contribution is 0.553. The van der Waals surface area contributed by atoms with Crippen molar-refractivity contribution in [2.24, 2.45) is 0 Å². The molecule has 0 spiro atoms. The molecular weight excluding hydrogens is 290 g/mol. The average Bonchev–Trinajstić information content (AvgIpc) is 2.98. The quantitative estimate of drug-likeness (QED) is 0.712. The molecule has 7 nitrogen and oxygen atoms in total. The van der Waals surface area contributed by atoms with Gasteiger partial charge in [0.05, 0.1) is 0 Å². The summed E-state index contributed by atoms with van der Waals surface area (Å²) in [6, 6.07) is 5.03. The lowest BCUT2D eigenvalue weighted by Gasteiger charge is -2.08. The van der Waals surface area contributed by atoms with E-state index in [1.54, 1.807) is 23.0 Å². The zero-order valence-electron chi connectivity index (χ0n) is 11.9. The first-order valence-corrected chi connectivity index (χ1v) is 8.27. The van der Waals surface area contributed by atoms with Crippen LogP contribution in [0.3, 0.4) is 0 Å². The molecule has 0 unspecified atom stereocenters. The number of rotatable bonds is 8. The number of hydrogen-bond donors (Lipinski definition) is 2. The predicted octanol–water partition coefficient (Wildman–Crippen LogP) is 1.08. The predicted molar refractivity (Wildman–Crippen MR) is 80.4 cm³/mol. The minimum atomic E-state index is -3.50. The molecule has 0 saturated heterocycles. The average molecular weight is 309 g/mol. The minimum absolute atomic E-state index is 0.170. The molecule has 2 N–H and O–H groups in total. The van der Waals surface area contributed by atoms with E-state index in [4.69, 9.17) is 0 Å². The molecule has 0 atom stereocenters. The molecule has 0 aromatic carbocycles. The Morgan fingerprint density at radius 3 is 2.81 bits per heavy atom. The molecule has 0 fully saturated rings. The number of sulfonamides is 1. The number of hydrogen-bond acceptors (Lipinski definition) is 5. The second-order valence-corrected chi connectivity index (χ2v) is 6.20. The van der Waals surface area contributed by atoms with E-state index in [0.29, 0.717) is 25.3 Å². The van der Waals surface area contributed by atoms with Gasteiger partial charge in [0.25, 0.3) is 0 Å². The Bertz CT molecular complexity index is 638. The number of anilines is 1. The number of nitrogens with zero attached hydrogens (tertiary/aromatic N) is 3. The Morgan fingerprint density at radius 2 is 2.19 bits per heavy atom. The molecule has 0 radical (unpaired) electrons. The van der Waals surface area contributed by atoms with Gasteiger partial charge < -0.3 is 5.32 Å². The number of aryl methyl sites for hydroxylation is 1. The van der Waals surface area contributed by atoms with E-state index in [-0.39, 0.29) is 4.90 Å². The van der Waals surface area contributed by atoms with Crippen molar-refractivity contribution in [3.8, 4) is 0 Å². The molecule has 0 aliphatic heterocycles.